The van der Waals surface area contributed by atoms with Crippen LogP contribution in [-0.2, 0) is 6.54 Å². The standard InChI is InChI=1S/C21H16BrN3O3/c1-27-18-8-5-15(6-9-18)20-23-21(28-24-20)16-7-10-19(26)25(13-16)12-14-3-2-4-17(22)11-14/h2-11,13H,12H2,1H3. The van der Waals surface area contributed by atoms with E-state index >= 15 is 0 Å². The van der Waals surface area contributed by atoms with Gasteiger partial charge in [-0.05, 0) is 48.0 Å². The highest BCUT2D eigenvalue weighted by Crippen LogP contribution is 2.23. The van der Waals surface area contributed by atoms with E-state index in [-0.39, 0.29) is 5.56 Å². The van der Waals surface area contributed by atoms with Gasteiger partial charge in [0, 0.05) is 22.3 Å². The van der Waals surface area contributed by atoms with E-state index < -0.39 is 0 Å². The second-order valence-corrected chi connectivity index (χ2v) is 7.08. The molecule has 0 bridgehead atoms. The maximum Gasteiger partial charge on any atom is 0.259 e. The number of rotatable bonds is 5. The molecular weight excluding hydrogens is 422 g/mol. The smallest absolute Gasteiger partial charge is 0.259 e. The van der Waals surface area contributed by atoms with Crippen molar-refractivity contribution in [1.82, 2.24) is 14.7 Å². The molecule has 4 rings (SSSR count). The third-order valence-electron chi connectivity index (χ3n) is 4.25. The van der Waals surface area contributed by atoms with Gasteiger partial charge in [-0.1, -0.05) is 33.2 Å². The summed E-state index contributed by atoms with van der Waals surface area (Å²) in [7, 11) is 1.62. The molecule has 0 amide bonds. The molecule has 0 aliphatic heterocycles. The van der Waals surface area contributed by atoms with Crippen LogP contribution in [0.25, 0.3) is 22.8 Å². The molecule has 140 valence electrons. The molecule has 0 unspecified atom stereocenters. The highest BCUT2D eigenvalue weighted by molar-refractivity contribution is 9.10. The van der Waals surface area contributed by atoms with Gasteiger partial charge in [0.25, 0.3) is 11.4 Å². The topological polar surface area (TPSA) is 70.2 Å². The Balaban J connectivity index is 1.63. The first kappa shape index (κ1) is 18.2. The fourth-order valence-electron chi connectivity index (χ4n) is 2.81. The van der Waals surface area contributed by atoms with Crippen molar-refractivity contribution < 1.29 is 9.26 Å². The fourth-order valence-corrected chi connectivity index (χ4v) is 3.26. The summed E-state index contributed by atoms with van der Waals surface area (Å²) >= 11 is 3.45. The maximum atomic E-state index is 12.3. The van der Waals surface area contributed by atoms with Gasteiger partial charge in [0.2, 0.25) is 5.82 Å². The average Bonchev–Trinajstić information content (AvgIpc) is 3.20. The van der Waals surface area contributed by atoms with E-state index in [2.05, 4.69) is 26.1 Å². The lowest BCUT2D eigenvalue weighted by atomic mass is 10.2. The van der Waals surface area contributed by atoms with E-state index in [1.165, 1.54) is 6.07 Å². The van der Waals surface area contributed by atoms with Gasteiger partial charge in [-0.15, -0.1) is 0 Å². The third-order valence-corrected chi connectivity index (χ3v) is 4.74. The Labute approximate surface area is 169 Å². The Morgan fingerprint density at radius 3 is 2.61 bits per heavy atom. The van der Waals surface area contributed by atoms with Gasteiger partial charge in [0.15, 0.2) is 0 Å². The van der Waals surface area contributed by atoms with E-state index in [0.29, 0.717) is 23.8 Å². The van der Waals surface area contributed by atoms with E-state index in [1.807, 2.05) is 48.5 Å². The summed E-state index contributed by atoms with van der Waals surface area (Å²) < 4.78 is 13.2. The number of hydrogen-bond acceptors (Lipinski definition) is 5. The number of pyridine rings is 1. The molecular formula is C21H16BrN3O3. The van der Waals surface area contributed by atoms with Crippen LogP contribution in [0.1, 0.15) is 5.56 Å². The normalized spacial score (nSPS) is 10.8. The van der Waals surface area contributed by atoms with Crippen molar-refractivity contribution in [3.8, 4) is 28.6 Å². The minimum absolute atomic E-state index is 0.0985. The van der Waals surface area contributed by atoms with Crippen molar-refractivity contribution in [3.05, 3.63) is 87.3 Å². The van der Waals surface area contributed by atoms with Crippen molar-refractivity contribution in [2.75, 3.05) is 7.11 Å². The molecule has 0 aliphatic carbocycles. The van der Waals surface area contributed by atoms with Crippen LogP contribution in [-0.4, -0.2) is 21.8 Å². The average molecular weight is 438 g/mol. The van der Waals surface area contributed by atoms with Crippen molar-refractivity contribution >= 4 is 15.9 Å². The van der Waals surface area contributed by atoms with Crippen LogP contribution in [0.5, 0.6) is 5.75 Å². The Morgan fingerprint density at radius 1 is 1.07 bits per heavy atom. The Bertz CT molecular complexity index is 1170. The molecule has 0 saturated carbocycles. The molecule has 0 atom stereocenters. The maximum absolute atomic E-state index is 12.3. The molecule has 0 radical (unpaired) electrons. The molecule has 0 aliphatic rings. The Hall–Kier alpha value is -3.19. The number of aromatic nitrogens is 3. The van der Waals surface area contributed by atoms with Crippen molar-refractivity contribution in [2.24, 2.45) is 0 Å². The lowest BCUT2D eigenvalue weighted by Gasteiger charge is -2.07. The van der Waals surface area contributed by atoms with Crippen LogP contribution >= 0.6 is 15.9 Å². The summed E-state index contributed by atoms with van der Waals surface area (Å²) in [5, 5.41) is 4.05. The molecule has 0 N–H and O–H groups in total. The second kappa shape index (κ2) is 7.82. The second-order valence-electron chi connectivity index (χ2n) is 6.17. The van der Waals surface area contributed by atoms with Gasteiger partial charge in [0.1, 0.15) is 5.75 Å². The molecule has 0 saturated heterocycles. The highest BCUT2D eigenvalue weighted by Gasteiger charge is 2.12. The minimum Gasteiger partial charge on any atom is -0.497 e. The quantitative estimate of drug-likeness (QED) is 0.463. The summed E-state index contributed by atoms with van der Waals surface area (Å²) in [5.74, 6) is 1.59. The van der Waals surface area contributed by atoms with E-state index in [0.717, 1.165) is 21.3 Å². The zero-order valence-electron chi connectivity index (χ0n) is 15.0. The first-order valence-electron chi connectivity index (χ1n) is 8.56. The van der Waals surface area contributed by atoms with Crippen LogP contribution < -0.4 is 10.3 Å². The summed E-state index contributed by atoms with van der Waals surface area (Å²) in [5.41, 5.74) is 2.41. The molecule has 2 heterocycles. The summed E-state index contributed by atoms with van der Waals surface area (Å²) in [6.07, 6.45) is 1.73. The van der Waals surface area contributed by atoms with E-state index in [1.54, 1.807) is 23.9 Å². The van der Waals surface area contributed by atoms with Gasteiger partial charge < -0.3 is 13.8 Å². The van der Waals surface area contributed by atoms with Gasteiger partial charge in [0.05, 0.1) is 19.2 Å². The molecule has 6 nitrogen and oxygen atoms in total. The van der Waals surface area contributed by atoms with Crippen molar-refractivity contribution in [3.63, 3.8) is 0 Å². The van der Waals surface area contributed by atoms with Gasteiger partial charge in [-0.2, -0.15) is 4.98 Å². The predicted octanol–water partition coefficient (Wildman–Crippen LogP) is 4.38. The van der Waals surface area contributed by atoms with Gasteiger partial charge in [-0.3, -0.25) is 4.79 Å². The molecule has 28 heavy (non-hydrogen) atoms. The molecule has 2 aromatic heterocycles. The molecule has 7 heteroatoms. The number of hydrogen-bond donors (Lipinski definition) is 0. The minimum atomic E-state index is -0.0985. The zero-order chi connectivity index (χ0) is 19.5. The van der Waals surface area contributed by atoms with Gasteiger partial charge in [-0.25, -0.2) is 0 Å². The van der Waals surface area contributed by atoms with Crippen LogP contribution in [0.2, 0.25) is 0 Å². The first-order chi connectivity index (χ1) is 13.6. The van der Waals surface area contributed by atoms with Crippen LogP contribution in [0.4, 0.5) is 0 Å². The molecule has 4 aromatic rings. The monoisotopic (exact) mass is 437 g/mol. The molecule has 0 spiro atoms. The van der Waals surface area contributed by atoms with Crippen LogP contribution in [0.3, 0.4) is 0 Å². The predicted molar refractivity (Wildman–Crippen MR) is 109 cm³/mol. The Kier molecular flexibility index (Phi) is 5.08. The van der Waals surface area contributed by atoms with Crippen LogP contribution in [0, 0.1) is 0 Å². The number of nitrogens with zero attached hydrogens (tertiary/aromatic N) is 3. The SMILES string of the molecule is COc1ccc(-c2noc(-c3ccc(=O)n(Cc4cccc(Br)c4)c3)n2)cc1. The third kappa shape index (κ3) is 3.89. The molecule has 2 aromatic carbocycles. The molecule has 0 fully saturated rings. The van der Waals surface area contributed by atoms with E-state index in [9.17, 15) is 4.79 Å². The zero-order valence-corrected chi connectivity index (χ0v) is 16.6. The van der Waals surface area contributed by atoms with Crippen LogP contribution in [0.15, 0.2) is 80.7 Å². The number of ether oxygens (including phenoxy) is 1. The largest absolute Gasteiger partial charge is 0.497 e. The summed E-state index contributed by atoms with van der Waals surface area (Å²) in [6, 6.07) is 18.4. The number of halogens is 1. The lowest BCUT2D eigenvalue weighted by molar-refractivity contribution is 0.415. The Morgan fingerprint density at radius 2 is 1.86 bits per heavy atom. The fraction of sp³-hybridized carbons (Fsp3) is 0.0952. The van der Waals surface area contributed by atoms with E-state index in [4.69, 9.17) is 9.26 Å². The lowest BCUT2D eigenvalue weighted by Crippen LogP contribution is -2.19. The van der Waals surface area contributed by atoms with Crippen molar-refractivity contribution in [1.29, 1.82) is 0 Å². The number of benzene rings is 2. The van der Waals surface area contributed by atoms with Crippen molar-refractivity contribution in [2.45, 2.75) is 6.54 Å². The first-order valence-corrected chi connectivity index (χ1v) is 9.35. The summed E-state index contributed by atoms with van der Waals surface area (Å²) in [6.45, 7) is 0.450. The summed E-state index contributed by atoms with van der Waals surface area (Å²) in [4.78, 5) is 16.7. The van der Waals surface area contributed by atoms with Gasteiger partial charge >= 0.3 is 0 Å². The highest BCUT2D eigenvalue weighted by atomic mass is 79.9. The number of methoxy groups -OCH3 is 1.